The number of nitrogens with zero attached hydrogens (tertiary/aromatic N) is 2. The quantitative estimate of drug-likeness (QED) is 0.197. The minimum Gasteiger partial charge on any atom is -0.245 e. The van der Waals surface area contributed by atoms with E-state index in [1.165, 1.54) is 66.4 Å². The number of hydrogen-bond acceptors (Lipinski definition) is 2. The summed E-state index contributed by atoms with van der Waals surface area (Å²) in [6.45, 7) is 13.3. The van der Waals surface area contributed by atoms with Gasteiger partial charge in [-0.15, -0.1) is 0 Å². The van der Waals surface area contributed by atoms with Crippen molar-refractivity contribution in [2.24, 2.45) is 0 Å². The van der Waals surface area contributed by atoms with Gasteiger partial charge in [0.05, 0.1) is 22.4 Å². The first kappa shape index (κ1) is 27.7. The SMILES string of the molecule is Cc1c(-c2ccccc2)nc2c(c1C)c(C)c(C)c1c(C)c(C)c(-c3ccc(-c4ccc(-c5ccccc5)cc4)cc3)nc12. The number of aryl methyl sites for hydroxylation is 4. The first-order valence-electron chi connectivity index (χ1n) is 15.4. The fourth-order valence-electron chi connectivity index (χ4n) is 6.69. The number of pyridine rings is 2. The van der Waals surface area contributed by atoms with Gasteiger partial charge in [-0.3, -0.25) is 0 Å². The summed E-state index contributed by atoms with van der Waals surface area (Å²) in [5.74, 6) is 0. The topological polar surface area (TPSA) is 25.8 Å². The lowest BCUT2D eigenvalue weighted by Crippen LogP contribution is -2.03. The molecule has 0 N–H and O–H groups in total. The van der Waals surface area contributed by atoms with E-state index in [0.717, 1.165) is 33.5 Å². The molecule has 0 aliphatic heterocycles. The molecule has 0 bridgehead atoms. The van der Waals surface area contributed by atoms with Crippen molar-refractivity contribution in [3.63, 3.8) is 0 Å². The second kappa shape index (κ2) is 10.9. The molecule has 0 saturated heterocycles. The molecule has 0 fully saturated rings. The minimum absolute atomic E-state index is 0.988. The molecule has 44 heavy (non-hydrogen) atoms. The molecule has 7 aromatic rings. The molecule has 214 valence electrons. The Morgan fingerprint density at radius 3 is 0.955 bits per heavy atom. The van der Waals surface area contributed by atoms with Gasteiger partial charge in [-0.2, -0.15) is 0 Å². The van der Waals surface area contributed by atoms with Crippen LogP contribution >= 0.6 is 0 Å². The van der Waals surface area contributed by atoms with Gasteiger partial charge < -0.3 is 0 Å². The molecule has 5 aromatic carbocycles. The van der Waals surface area contributed by atoms with Gasteiger partial charge in [0.1, 0.15) is 0 Å². The van der Waals surface area contributed by atoms with Crippen LogP contribution in [0.4, 0.5) is 0 Å². The molecule has 0 amide bonds. The number of fused-ring (bicyclic) bond motifs is 3. The molecule has 2 nitrogen and oxygen atoms in total. The third-order valence-corrected chi connectivity index (χ3v) is 9.57. The first-order chi connectivity index (χ1) is 21.3. The van der Waals surface area contributed by atoms with E-state index in [0.29, 0.717) is 0 Å². The Hall–Kier alpha value is -5.08. The van der Waals surface area contributed by atoms with Crippen molar-refractivity contribution in [3.8, 4) is 44.8 Å². The van der Waals surface area contributed by atoms with Gasteiger partial charge in [0.15, 0.2) is 0 Å². The molecule has 0 spiro atoms. The maximum atomic E-state index is 5.43. The molecule has 0 unspecified atom stereocenters. The highest BCUT2D eigenvalue weighted by atomic mass is 14.8. The fourth-order valence-corrected chi connectivity index (χ4v) is 6.69. The van der Waals surface area contributed by atoms with Crippen molar-refractivity contribution in [2.45, 2.75) is 41.5 Å². The average Bonchev–Trinajstić information content (AvgIpc) is 3.07. The van der Waals surface area contributed by atoms with Crippen LogP contribution in [0.2, 0.25) is 0 Å². The van der Waals surface area contributed by atoms with Gasteiger partial charge in [-0.05, 0) is 97.2 Å². The Balaban J connectivity index is 1.37. The van der Waals surface area contributed by atoms with Gasteiger partial charge in [0.25, 0.3) is 0 Å². The minimum atomic E-state index is 0.988. The van der Waals surface area contributed by atoms with E-state index in [1.807, 2.05) is 0 Å². The van der Waals surface area contributed by atoms with E-state index in [4.69, 9.17) is 9.97 Å². The van der Waals surface area contributed by atoms with Crippen molar-refractivity contribution in [2.75, 3.05) is 0 Å². The predicted molar refractivity (Wildman–Crippen MR) is 187 cm³/mol. The summed E-state index contributed by atoms with van der Waals surface area (Å²) in [5, 5.41) is 2.45. The monoisotopic (exact) mass is 568 g/mol. The van der Waals surface area contributed by atoms with Crippen molar-refractivity contribution >= 4 is 21.8 Å². The first-order valence-corrected chi connectivity index (χ1v) is 15.4. The summed E-state index contributed by atoms with van der Waals surface area (Å²) < 4.78 is 0. The van der Waals surface area contributed by atoms with Crippen LogP contribution in [0.15, 0.2) is 109 Å². The number of hydrogen-bond donors (Lipinski definition) is 0. The van der Waals surface area contributed by atoms with Crippen molar-refractivity contribution < 1.29 is 0 Å². The third kappa shape index (κ3) is 4.50. The predicted octanol–water partition coefficient (Wildman–Crippen LogP) is 11.3. The summed E-state index contributed by atoms with van der Waals surface area (Å²) in [5.41, 5.74) is 18.7. The zero-order valence-corrected chi connectivity index (χ0v) is 26.3. The van der Waals surface area contributed by atoms with Crippen molar-refractivity contribution in [1.82, 2.24) is 9.97 Å². The second-order valence-electron chi connectivity index (χ2n) is 12.0. The molecule has 0 aliphatic rings. The number of rotatable bonds is 4. The zero-order chi connectivity index (χ0) is 30.5. The Kier molecular flexibility index (Phi) is 6.86. The van der Waals surface area contributed by atoms with Crippen LogP contribution in [0.3, 0.4) is 0 Å². The number of aromatic nitrogens is 2. The molecular formula is C42H36N2. The van der Waals surface area contributed by atoms with Crippen molar-refractivity contribution in [1.29, 1.82) is 0 Å². The maximum Gasteiger partial charge on any atom is 0.0978 e. The second-order valence-corrected chi connectivity index (χ2v) is 12.0. The van der Waals surface area contributed by atoms with Gasteiger partial charge in [0, 0.05) is 21.9 Å². The van der Waals surface area contributed by atoms with Crippen LogP contribution in [0.25, 0.3) is 66.6 Å². The molecule has 0 aliphatic carbocycles. The van der Waals surface area contributed by atoms with Crippen molar-refractivity contribution in [3.05, 3.63) is 143 Å². The van der Waals surface area contributed by atoms with Gasteiger partial charge >= 0.3 is 0 Å². The van der Waals surface area contributed by atoms with Crippen LogP contribution < -0.4 is 0 Å². The Labute approximate surface area is 260 Å². The van der Waals surface area contributed by atoms with E-state index >= 15 is 0 Å². The maximum absolute atomic E-state index is 5.43. The summed E-state index contributed by atoms with van der Waals surface area (Å²) in [4.78, 5) is 10.8. The van der Waals surface area contributed by atoms with Gasteiger partial charge in [-0.1, -0.05) is 109 Å². The number of benzene rings is 5. The van der Waals surface area contributed by atoms with Gasteiger partial charge in [0.2, 0.25) is 0 Å². The van der Waals surface area contributed by atoms with Crippen LogP contribution in [0.1, 0.15) is 33.4 Å². The molecule has 7 rings (SSSR count). The fraction of sp³-hybridized carbons (Fsp3) is 0.143. The summed E-state index contributed by atoms with van der Waals surface area (Å²) >= 11 is 0. The molecule has 0 radical (unpaired) electrons. The van der Waals surface area contributed by atoms with E-state index in [2.05, 4.69) is 151 Å². The van der Waals surface area contributed by atoms with E-state index in [-0.39, 0.29) is 0 Å². The largest absolute Gasteiger partial charge is 0.245 e. The van der Waals surface area contributed by atoms with Crippen LogP contribution in [-0.4, -0.2) is 9.97 Å². The highest BCUT2D eigenvalue weighted by molar-refractivity contribution is 6.10. The van der Waals surface area contributed by atoms with Gasteiger partial charge in [-0.25, -0.2) is 9.97 Å². The van der Waals surface area contributed by atoms with E-state index in [9.17, 15) is 0 Å². The van der Waals surface area contributed by atoms with E-state index in [1.54, 1.807) is 0 Å². The molecule has 0 atom stereocenters. The van der Waals surface area contributed by atoms with Crippen LogP contribution in [0.5, 0.6) is 0 Å². The Morgan fingerprint density at radius 1 is 0.295 bits per heavy atom. The molecule has 2 heteroatoms. The summed E-state index contributed by atoms with van der Waals surface area (Å²) in [6.07, 6.45) is 0. The smallest absolute Gasteiger partial charge is 0.0978 e. The molecule has 0 saturated carbocycles. The van der Waals surface area contributed by atoms with Crippen LogP contribution in [-0.2, 0) is 0 Å². The molecular weight excluding hydrogens is 532 g/mol. The lowest BCUT2D eigenvalue weighted by molar-refractivity contribution is 1.23. The summed E-state index contributed by atoms with van der Waals surface area (Å²) in [6, 6.07) is 38.7. The highest BCUT2D eigenvalue weighted by Crippen LogP contribution is 2.40. The zero-order valence-electron chi connectivity index (χ0n) is 26.3. The third-order valence-electron chi connectivity index (χ3n) is 9.57. The normalized spacial score (nSPS) is 11.4. The summed E-state index contributed by atoms with van der Waals surface area (Å²) in [7, 11) is 0. The van der Waals surface area contributed by atoms with E-state index < -0.39 is 0 Å². The Bertz CT molecular complexity index is 2180. The van der Waals surface area contributed by atoms with Crippen LogP contribution in [0, 0.1) is 41.5 Å². The highest BCUT2D eigenvalue weighted by Gasteiger charge is 2.21. The molecule has 2 heterocycles. The Morgan fingerprint density at radius 2 is 0.568 bits per heavy atom. The molecule has 2 aromatic heterocycles. The average molecular weight is 569 g/mol. The lowest BCUT2D eigenvalue weighted by Gasteiger charge is -2.20. The lowest BCUT2D eigenvalue weighted by atomic mass is 9.89. The standard InChI is InChI=1S/C42H36N2/c1-25-26(2)38-28(4)30(6)40(44-42(38)41-37(25)27(3)29(5)39(43-41)35-15-11-8-12-16-35)36-23-21-34(22-24-36)33-19-17-32(18-20-33)31-13-9-7-10-14-31/h7-24H,1-6H3.